The van der Waals surface area contributed by atoms with Crippen molar-refractivity contribution in [2.75, 3.05) is 18.9 Å². The van der Waals surface area contributed by atoms with Gasteiger partial charge in [-0.3, -0.25) is 0 Å². The summed E-state index contributed by atoms with van der Waals surface area (Å²) in [5.74, 6) is 1.71. The molecule has 0 amide bonds. The second-order valence-electron chi connectivity index (χ2n) is 3.87. The number of aryl methyl sites for hydroxylation is 1. The quantitative estimate of drug-likeness (QED) is 0.729. The standard InChI is InChI=1S/C10H19N3OS2/c1-4-8-12-9(16-13-8)15-7-10(3,6-14)11-5-2/h11,14H,4-7H2,1-3H3. The molecule has 92 valence electrons. The summed E-state index contributed by atoms with van der Waals surface area (Å²) in [6.07, 6.45) is 0.877. The fourth-order valence-electron chi connectivity index (χ4n) is 1.24. The van der Waals surface area contributed by atoms with Crippen LogP contribution >= 0.6 is 23.3 Å². The molecule has 0 aliphatic carbocycles. The topological polar surface area (TPSA) is 58.0 Å². The molecule has 0 aromatic carbocycles. The first-order valence-corrected chi connectivity index (χ1v) is 7.20. The van der Waals surface area contributed by atoms with Crippen LogP contribution in [0.2, 0.25) is 0 Å². The van der Waals surface area contributed by atoms with Crippen molar-refractivity contribution in [3.05, 3.63) is 5.82 Å². The Morgan fingerprint density at radius 1 is 1.50 bits per heavy atom. The molecule has 1 atom stereocenters. The van der Waals surface area contributed by atoms with Crippen LogP contribution in [-0.2, 0) is 6.42 Å². The van der Waals surface area contributed by atoms with Gasteiger partial charge in [-0.2, -0.15) is 4.37 Å². The van der Waals surface area contributed by atoms with Crippen molar-refractivity contribution in [1.82, 2.24) is 14.7 Å². The zero-order chi connectivity index (χ0) is 12.0. The Morgan fingerprint density at radius 3 is 2.75 bits per heavy atom. The fraction of sp³-hybridized carbons (Fsp3) is 0.800. The third-order valence-corrected chi connectivity index (χ3v) is 4.48. The van der Waals surface area contributed by atoms with Gasteiger partial charge in [0.2, 0.25) is 0 Å². The zero-order valence-corrected chi connectivity index (χ0v) is 11.6. The van der Waals surface area contributed by atoms with Gasteiger partial charge in [-0.05, 0) is 25.0 Å². The average Bonchev–Trinajstić information content (AvgIpc) is 2.75. The lowest BCUT2D eigenvalue weighted by Crippen LogP contribution is -2.47. The third-order valence-electron chi connectivity index (χ3n) is 2.23. The van der Waals surface area contributed by atoms with E-state index < -0.39 is 0 Å². The van der Waals surface area contributed by atoms with E-state index in [2.05, 4.69) is 14.7 Å². The molecule has 0 spiro atoms. The highest BCUT2D eigenvalue weighted by Crippen LogP contribution is 2.24. The van der Waals surface area contributed by atoms with Gasteiger partial charge in [0, 0.05) is 17.7 Å². The van der Waals surface area contributed by atoms with E-state index in [4.69, 9.17) is 0 Å². The third kappa shape index (κ3) is 4.01. The second kappa shape index (κ2) is 6.54. The average molecular weight is 261 g/mol. The molecule has 1 aromatic heterocycles. The van der Waals surface area contributed by atoms with Gasteiger partial charge in [0.05, 0.1) is 6.61 Å². The van der Waals surface area contributed by atoms with E-state index in [-0.39, 0.29) is 12.1 Å². The smallest absolute Gasteiger partial charge is 0.170 e. The maximum atomic E-state index is 9.34. The van der Waals surface area contributed by atoms with Crippen LogP contribution in [-0.4, -0.2) is 38.9 Å². The van der Waals surface area contributed by atoms with Gasteiger partial charge >= 0.3 is 0 Å². The highest BCUT2D eigenvalue weighted by molar-refractivity contribution is 8.01. The molecule has 0 saturated heterocycles. The monoisotopic (exact) mass is 261 g/mol. The molecule has 0 saturated carbocycles. The number of aromatic nitrogens is 2. The maximum absolute atomic E-state index is 9.34. The molecule has 0 aliphatic rings. The number of likely N-dealkylation sites (N-methyl/N-ethyl adjacent to an activating group) is 1. The summed E-state index contributed by atoms with van der Waals surface area (Å²) < 4.78 is 5.21. The molecule has 1 aromatic rings. The van der Waals surface area contributed by atoms with Crippen LogP contribution in [0.25, 0.3) is 0 Å². The van der Waals surface area contributed by atoms with Gasteiger partial charge in [-0.1, -0.05) is 25.6 Å². The lowest BCUT2D eigenvalue weighted by molar-refractivity contribution is 0.194. The summed E-state index contributed by atoms with van der Waals surface area (Å²) in [5, 5.41) is 12.6. The van der Waals surface area contributed by atoms with Crippen LogP contribution in [0.3, 0.4) is 0 Å². The van der Waals surface area contributed by atoms with Crippen LogP contribution in [0, 0.1) is 0 Å². The first-order chi connectivity index (χ1) is 7.63. The normalized spacial score (nSPS) is 15.0. The Kier molecular flexibility index (Phi) is 5.68. The van der Waals surface area contributed by atoms with Crippen molar-refractivity contribution >= 4 is 23.3 Å². The molecule has 0 aliphatic heterocycles. The number of thioether (sulfide) groups is 1. The molecule has 0 radical (unpaired) electrons. The summed E-state index contributed by atoms with van der Waals surface area (Å²) in [4.78, 5) is 4.39. The van der Waals surface area contributed by atoms with E-state index in [0.29, 0.717) is 0 Å². The highest BCUT2D eigenvalue weighted by atomic mass is 32.2. The lowest BCUT2D eigenvalue weighted by atomic mass is 10.1. The minimum absolute atomic E-state index is 0.132. The zero-order valence-electron chi connectivity index (χ0n) is 9.99. The Hall–Kier alpha value is -0.170. The van der Waals surface area contributed by atoms with E-state index in [0.717, 1.165) is 28.9 Å². The van der Waals surface area contributed by atoms with Crippen molar-refractivity contribution in [2.24, 2.45) is 0 Å². The SMILES string of the molecule is CCNC(C)(CO)CSc1nc(CC)ns1. The van der Waals surface area contributed by atoms with E-state index >= 15 is 0 Å². The number of nitrogens with one attached hydrogen (secondary N) is 1. The van der Waals surface area contributed by atoms with E-state index in [9.17, 15) is 5.11 Å². The second-order valence-corrected chi connectivity index (χ2v) is 5.84. The molecule has 2 N–H and O–H groups in total. The molecular formula is C10H19N3OS2. The number of aliphatic hydroxyl groups is 1. The minimum atomic E-state index is -0.239. The Bertz CT molecular complexity index is 319. The molecular weight excluding hydrogens is 242 g/mol. The molecule has 0 bridgehead atoms. The van der Waals surface area contributed by atoms with E-state index in [1.807, 2.05) is 20.8 Å². The molecule has 6 heteroatoms. The predicted octanol–water partition coefficient (Wildman–Crippen LogP) is 1.55. The number of rotatable bonds is 7. The van der Waals surface area contributed by atoms with Gasteiger partial charge in [0.25, 0.3) is 0 Å². The van der Waals surface area contributed by atoms with E-state index in [1.54, 1.807) is 11.8 Å². The van der Waals surface area contributed by atoms with E-state index in [1.165, 1.54) is 11.5 Å². The predicted molar refractivity (Wildman–Crippen MR) is 69.2 cm³/mol. The molecule has 0 fully saturated rings. The van der Waals surface area contributed by atoms with Gasteiger partial charge < -0.3 is 10.4 Å². The Morgan fingerprint density at radius 2 is 2.25 bits per heavy atom. The number of hydrogen-bond donors (Lipinski definition) is 2. The van der Waals surface area contributed by atoms with Crippen molar-refractivity contribution in [1.29, 1.82) is 0 Å². The van der Waals surface area contributed by atoms with Crippen molar-refractivity contribution < 1.29 is 5.11 Å². The summed E-state index contributed by atoms with van der Waals surface area (Å²) in [6, 6.07) is 0. The number of nitrogens with zero attached hydrogens (tertiary/aromatic N) is 2. The molecule has 4 nitrogen and oxygen atoms in total. The van der Waals surface area contributed by atoms with Gasteiger partial charge in [-0.15, -0.1) is 0 Å². The van der Waals surface area contributed by atoms with Crippen LogP contribution < -0.4 is 5.32 Å². The summed E-state index contributed by atoms with van der Waals surface area (Å²) in [7, 11) is 0. The molecule has 16 heavy (non-hydrogen) atoms. The largest absolute Gasteiger partial charge is 0.394 e. The van der Waals surface area contributed by atoms with Crippen LogP contribution in [0.4, 0.5) is 0 Å². The first-order valence-electron chi connectivity index (χ1n) is 5.44. The van der Waals surface area contributed by atoms with Crippen LogP contribution in [0.1, 0.15) is 26.6 Å². The van der Waals surface area contributed by atoms with Gasteiger partial charge in [0.1, 0.15) is 5.82 Å². The fourth-order valence-corrected chi connectivity index (χ4v) is 3.04. The number of aliphatic hydroxyl groups excluding tert-OH is 1. The Balaban J connectivity index is 2.48. The summed E-state index contributed by atoms with van der Waals surface area (Å²) in [6.45, 7) is 7.10. The molecule has 1 heterocycles. The van der Waals surface area contributed by atoms with Crippen LogP contribution in [0.5, 0.6) is 0 Å². The van der Waals surface area contributed by atoms with Gasteiger partial charge in [0.15, 0.2) is 4.34 Å². The van der Waals surface area contributed by atoms with Crippen LogP contribution in [0.15, 0.2) is 4.34 Å². The van der Waals surface area contributed by atoms with Crippen molar-refractivity contribution in [2.45, 2.75) is 37.1 Å². The first kappa shape index (κ1) is 13.9. The molecule has 1 rings (SSSR count). The van der Waals surface area contributed by atoms with Crippen molar-refractivity contribution in [3.8, 4) is 0 Å². The van der Waals surface area contributed by atoms with Crippen molar-refractivity contribution in [3.63, 3.8) is 0 Å². The van der Waals surface area contributed by atoms with Gasteiger partial charge in [-0.25, -0.2) is 4.98 Å². The lowest BCUT2D eigenvalue weighted by Gasteiger charge is -2.27. The number of hydrogen-bond acceptors (Lipinski definition) is 6. The molecule has 1 unspecified atom stereocenters. The highest BCUT2D eigenvalue weighted by Gasteiger charge is 2.22. The summed E-state index contributed by atoms with van der Waals surface area (Å²) in [5.41, 5.74) is -0.239. The summed E-state index contributed by atoms with van der Waals surface area (Å²) >= 11 is 3.09. The maximum Gasteiger partial charge on any atom is 0.170 e. The minimum Gasteiger partial charge on any atom is -0.394 e. The Labute approximate surface area is 105 Å².